The number of rotatable bonds is 6. The highest BCUT2D eigenvalue weighted by molar-refractivity contribution is 5.93. The third-order valence-corrected chi connectivity index (χ3v) is 4.24. The number of carbonyl (C=O) groups excluding carboxylic acids is 1. The highest BCUT2D eigenvalue weighted by Crippen LogP contribution is 2.25. The Hall–Kier alpha value is -2.08. The van der Waals surface area contributed by atoms with Gasteiger partial charge in [-0.25, -0.2) is 0 Å². The second kappa shape index (κ2) is 5.96. The first-order valence-electron chi connectivity index (χ1n) is 7.68. The zero-order valence-corrected chi connectivity index (χ0v) is 13.4. The normalized spacial score (nSPS) is 14.5. The van der Waals surface area contributed by atoms with E-state index >= 15 is 0 Å². The van der Waals surface area contributed by atoms with Crippen LogP contribution in [0.1, 0.15) is 23.3 Å². The summed E-state index contributed by atoms with van der Waals surface area (Å²) in [7, 11) is 5.93. The molecule has 6 nitrogen and oxygen atoms in total. The van der Waals surface area contributed by atoms with Crippen LogP contribution in [-0.2, 0) is 7.05 Å². The number of hydrogen-bond donors (Lipinski definition) is 1. The van der Waals surface area contributed by atoms with E-state index in [2.05, 4.69) is 22.1 Å². The largest absolute Gasteiger partial charge is 0.357 e. The third-order valence-electron chi connectivity index (χ3n) is 4.24. The van der Waals surface area contributed by atoms with Crippen molar-refractivity contribution in [3.63, 3.8) is 0 Å². The summed E-state index contributed by atoms with van der Waals surface area (Å²) in [6, 6.07) is 4.53. The number of nitrogens with one attached hydrogen (secondary N) is 1. The van der Waals surface area contributed by atoms with Crippen LogP contribution in [0.25, 0.3) is 11.3 Å². The van der Waals surface area contributed by atoms with E-state index in [0.29, 0.717) is 5.69 Å². The summed E-state index contributed by atoms with van der Waals surface area (Å²) in [5.74, 6) is -0.0149. The van der Waals surface area contributed by atoms with Crippen LogP contribution in [0.15, 0.2) is 24.5 Å². The van der Waals surface area contributed by atoms with Gasteiger partial charge in [-0.15, -0.1) is 0 Å². The maximum atomic E-state index is 12.4. The van der Waals surface area contributed by atoms with E-state index in [1.807, 2.05) is 43.2 Å². The molecule has 0 radical (unpaired) electrons. The van der Waals surface area contributed by atoms with E-state index in [0.717, 1.165) is 30.4 Å². The fraction of sp³-hybridized carbons (Fsp3) is 0.500. The quantitative estimate of drug-likeness (QED) is 0.881. The van der Waals surface area contributed by atoms with Crippen LogP contribution in [0.5, 0.6) is 0 Å². The van der Waals surface area contributed by atoms with Crippen LogP contribution < -0.4 is 0 Å². The van der Waals surface area contributed by atoms with Crippen molar-refractivity contribution >= 4 is 5.91 Å². The minimum atomic E-state index is -0.0149. The van der Waals surface area contributed by atoms with E-state index < -0.39 is 0 Å². The first-order chi connectivity index (χ1) is 10.5. The number of H-pyrrole nitrogens is 1. The Bertz CT molecular complexity index is 655. The van der Waals surface area contributed by atoms with Crippen molar-refractivity contribution in [2.24, 2.45) is 7.05 Å². The van der Waals surface area contributed by atoms with Crippen LogP contribution in [0.2, 0.25) is 0 Å². The molecule has 2 aromatic rings. The topological polar surface area (TPSA) is 57.2 Å². The molecule has 0 atom stereocenters. The van der Waals surface area contributed by atoms with E-state index in [4.69, 9.17) is 0 Å². The summed E-state index contributed by atoms with van der Waals surface area (Å²) >= 11 is 0. The van der Waals surface area contributed by atoms with Crippen molar-refractivity contribution in [2.75, 3.05) is 27.2 Å². The number of hydrogen-bond acceptors (Lipinski definition) is 3. The fourth-order valence-corrected chi connectivity index (χ4v) is 2.55. The van der Waals surface area contributed by atoms with Crippen molar-refractivity contribution in [2.45, 2.75) is 18.9 Å². The summed E-state index contributed by atoms with van der Waals surface area (Å²) in [4.78, 5) is 16.5. The first kappa shape index (κ1) is 14.8. The van der Waals surface area contributed by atoms with Gasteiger partial charge >= 0.3 is 0 Å². The SMILES string of the molecule is CN(CCN(C)C1CC1)C(=O)c1cc(-c2ccn(C)c2)n[nH]1. The molecule has 2 heterocycles. The molecule has 0 saturated heterocycles. The van der Waals surface area contributed by atoms with E-state index in [-0.39, 0.29) is 5.91 Å². The average molecular weight is 301 g/mol. The molecule has 3 rings (SSSR count). The number of amides is 1. The number of carbonyl (C=O) groups is 1. The maximum Gasteiger partial charge on any atom is 0.271 e. The van der Waals surface area contributed by atoms with Gasteiger partial charge in [-0.05, 0) is 32.0 Å². The Morgan fingerprint density at radius 2 is 2.18 bits per heavy atom. The van der Waals surface area contributed by atoms with Crippen molar-refractivity contribution in [3.05, 3.63) is 30.2 Å². The summed E-state index contributed by atoms with van der Waals surface area (Å²) in [5.41, 5.74) is 2.34. The molecule has 1 saturated carbocycles. The number of aromatic amines is 1. The second-order valence-electron chi connectivity index (χ2n) is 6.17. The predicted octanol–water partition coefficient (Wildman–Crippen LogP) is 1.58. The summed E-state index contributed by atoms with van der Waals surface area (Å²) in [6.45, 7) is 1.64. The van der Waals surface area contributed by atoms with Gasteiger partial charge in [0.15, 0.2) is 0 Å². The fourth-order valence-electron chi connectivity index (χ4n) is 2.55. The Morgan fingerprint density at radius 3 is 2.82 bits per heavy atom. The second-order valence-corrected chi connectivity index (χ2v) is 6.17. The van der Waals surface area contributed by atoms with Gasteiger partial charge in [-0.2, -0.15) is 5.10 Å². The minimum Gasteiger partial charge on any atom is -0.357 e. The molecule has 0 aliphatic heterocycles. The van der Waals surface area contributed by atoms with Gasteiger partial charge in [-0.1, -0.05) is 0 Å². The molecule has 0 bridgehead atoms. The molecular formula is C16H23N5O. The Kier molecular flexibility index (Phi) is 4.02. The Morgan fingerprint density at radius 1 is 1.41 bits per heavy atom. The Balaban J connectivity index is 1.60. The number of nitrogens with zero attached hydrogens (tertiary/aromatic N) is 4. The van der Waals surface area contributed by atoms with E-state index in [1.165, 1.54) is 12.8 Å². The van der Waals surface area contributed by atoms with Crippen LogP contribution in [0, 0.1) is 0 Å². The summed E-state index contributed by atoms with van der Waals surface area (Å²) < 4.78 is 1.96. The van der Waals surface area contributed by atoms with Crippen LogP contribution in [-0.4, -0.2) is 63.7 Å². The number of aryl methyl sites for hydroxylation is 1. The minimum absolute atomic E-state index is 0.0149. The first-order valence-corrected chi connectivity index (χ1v) is 7.68. The molecule has 118 valence electrons. The van der Waals surface area contributed by atoms with Crippen LogP contribution >= 0.6 is 0 Å². The predicted molar refractivity (Wildman–Crippen MR) is 85.6 cm³/mol. The van der Waals surface area contributed by atoms with Gasteiger partial charge in [0.2, 0.25) is 0 Å². The van der Waals surface area contributed by atoms with E-state index in [9.17, 15) is 4.79 Å². The molecule has 22 heavy (non-hydrogen) atoms. The molecule has 0 spiro atoms. The van der Waals surface area contributed by atoms with Crippen molar-refractivity contribution in [3.8, 4) is 11.3 Å². The van der Waals surface area contributed by atoms with Crippen molar-refractivity contribution in [1.29, 1.82) is 0 Å². The molecule has 0 unspecified atom stereocenters. The lowest BCUT2D eigenvalue weighted by molar-refractivity contribution is 0.0775. The summed E-state index contributed by atoms with van der Waals surface area (Å²) in [5, 5.41) is 7.09. The lowest BCUT2D eigenvalue weighted by Gasteiger charge is -2.21. The van der Waals surface area contributed by atoms with Gasteiger partial charge in [0.25, 0.3) is 5.91 Å². The standard InChI is InChI=1S/C16H23N5O/c1-19-7-6-12(11-19)14-10-15(18-17-14)16(22)21(3)9-8-20(2)13-4-5-13/h6-7,10-11,13H,4-5,8-9H2,1-3H3,(H,17,18). The highest BCUT2D eigenvalue weighted by atomic mass is 16.2. The number of likely N-dealkylation sites (N-methyl/N-ethyl adjacent to an activating group) is 2. The van der Waals surface area contributed by atoms with Crippen LogP contribution in [0.4, 0.5) is 0 Å². The third kappa shape index (κ3) is 3.22. The Labute approximate surface area is 130 Å². The number of aromatic nitrogens is 3. The molecule has 1 aliphatic carbocycles. The van der Waals surface area contributed by atoms with Gasteiger partial charge in [0.1, 0.15) is 5.69 Å². The van der Waals surface area contributed by atoms with Gasteiger partial charge in [-0.3, -0.25) is 9.89 Å². The highest BCUT2D eigenvalue weighted by Gasteiger charge is 2.26. The van der Waals surface area contributed by atoms with Gasteiger partial charge < -0.3 is 14.4 Å². The molecule has 2 aromatic heterocycles. The van der Waals surface area contributed by atoms with Crippen molar-refractivity contribution < 1.29 is 4.79 Å². The van der Waals surface area contributed by atoms with Crippen LogP contribution in [0.3, 0.4) is 0 Å². The molecular weight excluding hydrogens is 278 g/mol. The molecule has 1 aliphatic rings. The smallest absolute Gasteiger partial charge is 0.271 e. The molecule has 1 fully saturated rings. The zero-order chi connectivity index (χ0) is 15.7. The maximum absolute atomic E-state index is 12.4. The summed E-state index contributed by atoms with van der Waals surface area (Å²) in [6.07, 6.45) is 6.52. The molecule has 0 aromatic carbocycles. The molecule has 1 N–H and O–H groups in total. The molecule has 6 heteroatoms. The van der Waals surface area contributed by atoms with Crippen molar-refractivity contribution in [1.82, 2.24) is 24.6 Å². The zero-order valence-electron chi connectivity index (χ0n) is 13.4. The van der Waals surface area contributed by atoms with E-state index in [1.54, 1.807) is 4.90 Å². The van der Waals surface area contributed by atoms with Gasteiger partial charge in [0, 0.05) is 51.2 Å². The lowest BCUT2D eigenvalue weighted by atomic mass is 10.2. The lowest BCUT2D eigenvalue weighted by Crippen LogP contribution is -2.35. The van der Waals surface area contributed by atoms with Gasteiger partial charge in [0.05, 0.1) is 5.69 Å². The average Bonchev–Trinajstić information content (AvgIpc) is 3.09. The monoisotopic (exact) mass is 301 g/mol. The molecule has 1 amide bonds.